The number of benzene rings is 1. The Kier molecular flexibility index (Phi) is 6.49. The van der Waals surface area contributed by atoms with Crippen molar-refractivity contribution in [1.29, 1.82) is 0 Å². The van der Waals surface area contributed by atoms with Crippen LogP contribution in [-0.4, -0.2) is 71.9 Å². The van der Waals surface area contributed by atoms with Gasteiger partial charge in [0.1, 0.15) is 5.60 Å². The first-order valence-corrected chi connectivity index (χ1v) is 11.4. The van der Waals surface area contributed by atoms with Gasteiger partial charge < -0.3 is 14.5 Å². The average Bonchev–Trinajstić information content (AvgIpc) is 2.93. The fourth-order valence-corrected chi connectivity index (χ4v) is 4.22. The lowest BCUT2D eigenvalue weighted by atomic mass is 9.93. The molecule has 4 rings (SSSR count). The zero-order valence-electron chi connectivity index (χ0n) is 19.1. The van der Waals surface area contributed by atoms with Gasteiger partial charge in [0.2, 0.25) is 5.28 Å². The number of likely N-dealkylation sites (N-methyl/N-ethyl adjacent to an activating group) is 1. The van der Waals surface area contributed by atoms with E-state index in [0.717, 1.165) is 37.5 Å². The van der Waals surface area contributed by atoms with Gasteiger partial charge in [0.25, 0.3) is 0 Å². The Morgan fingerprint density at radius 1 is 1.12 bits per heavy atom. The molecule has 1 fully saturated rings. The molecule has 8 heteroatoms. The van der Waals surface area contributed by atoms with E-state index in [4.69, 9.17) is 21.3 Å². The minimum atomic E-state index is -0.570. The summed E-state index contributed by atoms with van der Waals surface area (Å²) in [5.74, 6) is -0.765. The highest BCUT2D eigenvalue weighted by molar-refractivity contribution is 6.28. The Labute approximate surface area is 194 Å². The smallest absolute Gasteiger partial charge is 0.314 e. The van der Waals surface area contributed by atoms with Gasteiger partial charge in [-0.2, -0.15) is 0 Å². The van der Waals surface area contributed by atoms with E-state index in [1.165, 1.54) is 5.69 Å². The number of aromatic nitrogens is 2. The number of carbonyl (C=O) groups is 1. The third-order valence-corrected chi connectivity index (χ3v) is 5.96. The number of aliphatic imine (C=N–C) groups is 1. The van der Waals surface area contributed by atoms with E-state index < -0.39 is 11.5 Å². The monoisotopic (exact) mass is 455 g/mol. The molecule has 32 heavy (non-hydrogen) atoms. The molecule has 2 aromatic rings. The number of nitrogens with zero attached hydrogens (tertiary/aromatic N) is 5. The molecule has 0 aliphatic carbocycles. The van der Waals surface area contributed by atoms with Crippen LogP contribution in [0, 0.1) is 0 Å². The van der Waals surface area contributed by atoms with Gasteiger partial charge in [0.15, 0.2) is 0 Å². The SMILES string of the molecule is CN1CCN(c2ccc(C3=NCCC(C(=O)OC(C)(C)C)c4cnc(Cl)nc43)cc2)CC1. The standard InChI is InChI=1S/C24H30ClN5O2/c1-24(2,3)32-22(31)18-9-10-26-20(21-19(18)15-27-23(25)28-21)16-5-7-17(8-6-16)30-13-11-29(4)12-14-30/h5-8,15,18H,9-14H2,1-4H3. The van der Waals surface area contributed by atoms with E-state index in [1.807, 2.05) is 20.8 Å². The third kappa shape index (κ3) is 5.10. The van der Waals surface area contributed by atoms with Crippen molar-refractivity contribution in [3.8, 4) is 0 Å². The van der Waals surface area contributed by atoms with Gasteiger partial charge in [-0.05, 0) is 58.0 Å². The van der Waals surface area contributed by atoms with Crippen molar-refractivity contribution in [3.05, 3.63) is 52.6 Å². The third-order valence-electron chi connectivity index (χ3n) is 5.78. The van der Waals surface area contributed by atoms with E-state index >= 15 is 0 Å². The van der Waals surface area contributed by atoms with Crippen LogP contribution in [0.25, 0.3) is 0 Å². The van der Waals surface area contributed by atoms with Crippen molar-refractivity contribution >= 4 is 29.0 Å². The molecular formula is C24H30ClN5O2. The van der Waals surface area contributed by atoms with E-state index in [2.05, 4.69) is 51.1 Å². The fourth-order valence-electron chi connectivity index (χ4n) is 4.09. The number of carbonyl (C=O) groups excluding carboxylic acids is 1. The Balaban J connectivity index is 1.64. The number of fused-ring (bicyclic) bond motifs is 1. The van der Waals surface area contributed by atoms with Crippen LogP contribution in [0.4, 0.5) is 5.69 Å². The number of piperazine rings is 1. The first-order chi connectivity index (χ1) is 15.2. The van der Waals surface area contributed by atoms with Crippen molar-refractivity contribution in [3.63, 3.8) is 0 Å². The van der Waals surface area contributed by atoms with Crippen molar-refractivity contribution < 1.29 is 9.53 Å². The van der Waals surface area contributed by atoms with Crippen molar-refractivity contribution in [1.82, 2.24) is 14.9 Å². The van der Waals surface area contributed by atoms with Crippen molar-refractivity contribution in [2.75, 3.05) is 44.7 Å². The molecule has 1 atom stereocenters. The minimum Gasteiger partial charge on any atom is -0.459 e. The summed E-state index contributed by atoms with van der Waals surface area (Å²) in [5, 5.41) is 0.135. The highest BCUT2D eigenvalue weighted by atomic mass is 35.5. The summed E-state index contributed by atoms with van der Waals surface area (Å²) in [6.45, 7) is 10.2. The molecule has 2 aliphatic rings. The van der Waals surface area contributed by atoms with Gasteiger partial charge >= 0.3 is 5.97 Å². The van der Waals surface area contributed by atoms with E-state index in [-0.39, 0.29) is 11.3 Å². The number of hydrogen-bond donors (Lipinski definition) is 0. The van der Waals surface area contributed by atoms with Crippen molar-refractivity contribution in [2.45, 2.75) is 38.7 Å². The summed E-state index contributed by atoms with van der Waals surface area (Å²) in [4.78, 5) is 31.1. The van der Waals surface area contributed by atoms with Crippen LogP contribution in [0.15, 0.2) is 35.5 Å². The van der Waals surface area contributed by atoms with E-state index in [9.17, 15) is 4.79 Å². The maximum Gasteiger partial charge on any atom is 0.314 e. The van der Waals surface area contributed by atoms with Crippen LogP contribution >= 0.6 is 11.6 Å². The molecular weight excluding hydrogens is 426 g/mol. The first-order valence-electron chi connectivity index (χ1n) is 11.1. The zero-order chi connectivity index (χ0) is 22.9. The van der Waals surface area contributed by atoms with Crippen LogP contribution in [0.2, 0.25) is 5.28 Å². The number of rotatable bonds is 3. The highest BCUT2D eigenvalue weighted by Crippen LogP contribution is 2.31. The number of hydrogen-bond acceptors (Lipinski definition) is 7. The minimum absolute atomic E-state index is 0.135. The number of esters is 1. The van der Waals surface area contributed by atoms with Gasteiger partial charge in [-0.15, -0.1) is 0 Å². The van der Waals surface area contributed by atoms with Crippen molar-refractivity contribution in [2.24, 2.45) is 4.99 Å². The average molecular weight is 456 g/mol. The number of halogens is 1. The number of ether oxygens (including phenoxy) is 1. The molecule has 2 aliphatic heterocycles. The molecule has 0 spiro atoms. The molecule has 1 saturated heterocycles. The Morgan fingerprint density at radius 3 is 2.47 bits per heavy atom. The van der Waals surface area contributed by atoms with Crippen LogP contribution < -0.4 is 4.90 Å². The van der Waals surface area contributed by atoms with Gasteiger partial charge in [0.05, 0.1) is 17.3 Å². The Morgan fingerprint density at radius 2 is 1.81 bits per heavy atom. The largest absolute Gasteiger partial charge is 0.459 e. The Bertz CT molecular complexity index is 1010. The first kappa shape index (κ1) is 22.7. The lowest BCUT2D eigenvalue weighted by molar-refractivity contribution is -0.156. The molecule has 3 heterocycles. The highest BCUT2D eigenvalue weighted by Gasteiger charge is 2.32. The summed E-state index contributed by atoms with van der Waals surface area (Å²) >= 11 is 6.15. The predicted octanol–water partition coefficient (Wildman–Crippen LogP) is 3.55. The predicted molar refractivity (Wildman–Crippen MR) is 127 cm³/mol. The second kappa shape index (κ2) is 9.16. The summed E-state index contributed by atoms with van der Waals surface area (Å²) in [6.07, 6.45) is 2.18. The molecule has 1 unspecified atom stereocenters. The molecule has 1 aromatic heterocycles. The topological polar surface area (TPSA) is 70.9 Å². The van der Waals surface area contributed by atoms with Gasteiger partial charge in [-0.1, -0.05) is 12.1 Å². The summed E-state index contributed by atoms with van der Waals surface area (Å²) in [5.41, 5.74) is 3.63. The lowest BCUT2D eigenvalue weighted by Crippen LogP contribution is -2.44. The second-order valence-electron chi connectivity index (χ2n) is 9.39. The van der Waals surface area contributed by atoms with Crippen LogP contribution in [0.5, 0.6) is 0 Å². The maximum atomic E-state index is 12.9. The molecule has 1 aromatic carbocycles. The molecule has 0 amide bonds. The zero-order valence-corrected chi connectivity index (χ0v) is 19.9. The van der Waals surface area contributed by atoms with Crippen LogP contribution in [0.1, 0.15) is 49.9 Å². The summed E-state index contributed by atoms with van der Waals surface area (Å²) in [6, 6.07) is 8.39. The molecule has 7 nitrogen and oxygen atoms in total. The summed E-state index contributed by atoms with van der Waals surface area (Å²) in [7, 11) is 2.15. The molecule has 0 N–H and O–H groups in total. The lowest BCUT2D eigenvalue weighted by Gasteiger charge is -2.34. The van der Waals surface area contributed by atoms with E-state index in [1.54, 1.807) is 6.20 Å². The molecule has 0 bridgehead atoms. The second-order valence-corrected chi connectivity index (χ2v) is 9.72. The fraction of sp³-hybridized carbons (Fsp3) is 0.500. The normalized spacial score (nSPS) is 19.7. The molecule has 0 saturated carbocycles. The van der Waals surface area contributed by atoms with Gasteiger partial charge in [-0.25, -0.2) is 9.97 Å². The maximum absolute atomic E-state index is 12.9. The Hall–Kier alpha value is -2.51. The number of anilines is 1. The molecule has 170 valence electrons. The van der Waals surface area contributed by atoms with Crippen LogP contribution in [0.3, 0.4) is 0 Å². The quantitative estimate of drug-likeness (QED) is 0.520. The van der Waals surface area contributed by atoms with Gasteiger partial charge in [0, 0.05) is 55.7 Å². The van der Waals surface area contributed by atoms with E-state index in [0.29, 0.717) is 24.2 Å². The molecule has 0 radical (unpaired) electrons. The van der Waals surface area contributed by atoms with Gasteiger partial charge in [-0.3, -0.25) is 9.79 Å². The van der Waals surface area contributed by atoms with Crippen LogP contribution in [-0.2, 0) is 9.53 Å². The summed E-state index contributed by atoms with van der Waals surface area (Å²) < 4.78 is 5.66.